The first-order valence-corrected chi connectivity index (χ1v) is 9.44. The van der Waals surface area contributed by atoms with E-state index in [0.29, 0.717) is 23.1 Å². The fraction of sp³-hybridized carbons (Fsp3) is 0.286. The minimum absolute atomic E-state index is 0.178. The van der Waals surface area contributed by atoms with Crippen LogP contribution in [-0.2, 0) is 16.2 Å². The van der Waals surface area contributed by atoms with Crippen molar-refractivity contribution in [1.29, 1.82) is 0 Å². The predicted octanol–water partition coefficient (Wildman–Crippen LogP) is 3.87. The van der Waals surface area contributed by atoms with Gasteiger partial charge in [-0.15, -0.1) is 0 Å². The van der Waals surface area contributed by atoms with Gasteiger partial charge in [0.15, 0.2) is 0 Å². The van der Waals surface area contributed by atoms with E-state index in [1.807, 2.05) is 18.2 Å². The van der Waals surface area contributed by atoms with Gasteiger partial charge < -0.3 is 15.4 Å². The molecule has 1 aliphatic carbocycles. The number of carbonyl (C=O) groups is 2. The van der Waals surface area contributed by atoms with Crippen LogP contribution in [0.4, 0.5) is 5.69 Å². The predicted molar refractivity (Wildman–Crippen MR) is 108 cm³/mol. The first kappa shape index (κ1) is 19.9. The third-order valence-corrected chi connectivity index (χ3v) is 5.00. The lowest BCUT2D eigenvalue weighted by Crippen LogP contribution is -2.54. The Morgan fingerprint density at radius 3 is 2.71 bits per heavy atom. The Morgan fingerprint density at radius 2 is 2.11 bits per heavy atom. The fourth-order valence-corrected chi connectivity index (χ4v) is 3.34. The number of benzene rings is 1. The van der Waals surface area contributed by atoms with E-state index >= 15 is 0 Å². The number of amides is 2. The summed E-state index contributed by atoms with van der Waals surface area (Å²) >= 11 is 6.27. The molecule has 3 rings (SSSR count). The van der Waals surface area contributed by atoms with Crippen LogP contribution in [0.5, 0.6) is 5.75 Å². The van der Waals surface area contributed by atoms with Crippen molar-refractivity contribution in [3.05, 3.63) is 66.0 Å². The van der Waals surface area contributed by atoms with E-state index in [0.717, 1.165) is 25.0 Å². The number of nitrogens with one attached hydrogen (secondary N) is 2. The SMILES string of the molecule is C=CC(=O)NC1(CC(=O)Nc2ccc(OCc3ccccn3)c(Cl)c2)CCC1. The molecule has 7 heteroatoms. The Hall–Kier alpha value is -2.86. The molecule has 0 aliphatic heterocycles. The molecule has 0 atom stereocenters. The second kappa shape index (κ2) is 8.89. The molecule has 1 aromatic heterocycles. The van der Waals surface area contributed by atoms with Crippen molar-refractivity contribution < 1.29 is 14.3 Å². The average Bonchev–Trinajstić information content (AvgIpc) is 2.66. The molecule has 2 N–H and O–H groups in total. The van der Waals surface area contributed by atoms with E-state index in [9.17, 15) is 9.59 Å². The molecule has 0 saturated heterocycles. The third-order valence-electron chi connectivity index (χ3n) is 4.70. The Balaban J connectivity index is 1.57. The number of pyridine rings is 1. The van der Waals surface area contributed by atoms with E-state index in [-0.39, 0.29) is 18.2 Å². The van der Waals surface area contributed by atoms with E-state index in [1.54, 1.807) is 24.4 Å². The molecule has 0 spiro atoms. The number of anilines is 1. The number of halogens is 1. The molecule has 1 aliphatic rings. The maximum atomic E-state index is 12.4. The highest BCUT2D eigenvalue weighted by atomic mass is 35.5. The molecular weight excluding hydrogens is 378 g/mol. The largest absolute Gasteiger partial charge is 0.486 e. The number of hydrogen-bond donors (Lipinski definition) is 2. The van der Waals surface area contributed by atoms with Crippen molar-refractivity contribution in [2.45, 2.75) is 37.8 Å². The summed E-state index contributed by atoms with van der Waals surface area (Å²) in [4.78, 5) is 28.2. The minimum Gasteiger partial charge on any atom is -0.486 e. The Kier molecular flexibility index (Phi) is 6.31. The van der Waals surface area contributed by atoms with Crippen molar-refractivity contribution in [2.24, 2.45) is 0 Å². The molecule has 1 fully saturated rings. The average molecular weight is 400 g/mol. The molecule has 0 unspecified atom stereocenters. The summed E-state index contributed by atoms with van der Waals surface area (Å²) < 4.78 is 5.68. The third kappa shape index (κ3) is 5.10. The molecule has 2 amide bonds. The molecule has 0 bridgehead atoms. The second-order valence-corrected chi connectivity index (χ2v) is 7.21. The van der Waals surface area contributed by atoms with E-state index in [1.165, 1.54) is 6.08 Å². The zero-order valence-electron chi connectivity index (χ0n) is 15.4. The molecule has 146 valence electrons. The van der Waals surface area contributed by atoms with E-state index in [4.69, 9.17) is 16.3 Å². The molecule has 0 radical (unpaired) electrons. The molecule has 2 aromatic rings. The zero-order valence-corrected chi connectivity index (χ0v) is 16.2. The van der Waals surface area contributed by atoms with Crippen molar-refractivity contribution in [3.63, 3.8) is 0 Å². The van der Waals surface area contributed by atoms with Crippen LogP contribution in [0.25, 0.3) is 0 Å². The molecular formula is C21H22ClN3O3. The van der Waals surface area contributed by atoms with Gasteiger partial charge >= 0.3 is 0 Å². The van der Waals surface area contributed by atoms with Crippen LogP contribution < -0.4 is 15.4 Å². The number of hydrogen-bond acceptors (Lipinski definition) is 4. The van der Waals surface area contributed by atoms with Crippen molar-refractivity contribution in [2.75, 3.05) is 5.32 Å². The Bertz CT molecular complexity index is 866. The van der Waals surface area contributed by atoms with Gasteiger partial charge in [-0.2, -0.15) is 0 Å². The number of rotatable bonds is 8. The van der Waals surface area contributed by atoms with Crippen molar-refractivity contribution in [1.82, 2.24) is 10.3 Å². The number of ether oxygens (including phenoxy) is 1. The Labute approximate surface area is 169 Å². The van der Waals surface area contributed by atoms with Crippen LogP contribution in [0.3, 0.4) is 0 Å². The first-order chi connectivity index (χ1) is 13.5. The highest BCUT2D eigenvalue weighted by molar-refractivity contribution is 6.32. The van der Waals surface area contributed by atoms with E-state index in [2.05, 4.69) is 22.2 Å². The first-order valence-electron chi connectivity index (χ1n) is 9.06. The lowest BCUT2D eigenvalue weighted by molar-refractivity contribution is -0.122. The van der Waals surface area contributed by atoms with Gasteiger partial charge in [-0.05, 0) is 55.7 Å². The zero-order chi connectivity index (χ0) is 20.0. The van der Waals surface area contributed by atoms with Crippen LogP contribution >= 0.6 is 11.6 Å². The van der Waals surface area contributed by atoms with Crippen LogP contribution in [-0.4, -0.2) is 22.3 Å². The lowest BCUT2D eigenvalue weighted by atomic mass is 9.74. The monoisotopic (exact) mass is 399 g/mol. The van der Waals surface area contributed by atoms with Crippen molar-refractivity contribution >= 4 is 29.1 Å². The summed E-state index contributed by atoms with van der Waals surface area (Å²) in [6, 6.07) is 10.7. The minimum atomic E-state index is -0.481. The van der Waals surface area contributed by atoms with Gasteiger partial charge in [-0.3, -0.25) is 14.6 Å². The maximum Gasteiger partial charge on any atom is 0.243 e. The Morgan fingerprint density at radius 1 is 1.29 bits per heavy atom. The van der Waals surface area contributed by atoms with Crippen LogP contribution in [0.1, 0.15) is 31.4 Å². The van der Waals surface area contributed by atoms with Crippen LogP contribution in [0.2, 0.25) is 5.02 Å². The van der Waals surface area contributed by atoms with Crippen molar-refractivity contribution in [3.8, 4) is 5.75 Å². The normalized spacial score (nSPS) is 14.5. The molecule has 1 saturated carbocycles. The molecule has 6 nitrogen and oxygen atoms in total. The number of carbonyl (C=O) groups excluding carboxylic acids is 2. The summed E-state index contributed by atoms with van der Waals surface area (Å²) in [5, 5.41) is 6.11. The summed E-state index contributed by atoms with van der Waals surface area (Å²) in [6.07, 6.45) is 5.68. The van der Waals surface area contributed by atoms with Gasteiger partial charge in [0.2, 0.25) is 11.8 Å². The maximum absolute atomic E-state index is 12.4. The summed E-state index contributed by atoms with van der Waals surface area (Å²) in [7, 11) is 0. The number of aromatic nitrogens is 1. The van der Waals surface area contributed by atoms with Gasteiger partial charge in [0.05, 0.1) is 17.1 Å². The van der Waals surface area contributed by atoms with Gasteiger partial charge in [-0.25, -0.2) is 0 Å². The molecule has 1 aromatic carbocycles. The summed E-state index contributed by atoms with van der Waals surface area (Å²) in [5.74, 6) is 0.0752. The smallest absolute Gasteiger partial charge is 0.243 e. The van der Waals surface area contributed by atoms with Gasteiger partial charge in [-0.1, -0.05) is 24.2 Å². The fourth-order valence-electron chi connectivity index (χ4n) is 3.11. The summed E-state index contributed by atoms with van der Waals surface area (Å²) in [6.45, 7) is 3.76. The van der Waals surface area contributed by atoms with Gasteiger partial charge in [0, 0.05) is 17.4 Å². The quantitative estimate of drug-likeness (QED) is 0.660. The number of nitrogens with zero attached hydrogens (tertiary/aromatic N) is 1. The molecule has 1 heterocycles. The van der Waals surface area contributed by atoms with Crippen LogP contribution in [0.15, 0.2) is 55.3 Å². The lowest BCUT2D eigenvalue weighted by Gasteiger charge is -2.41. The van der Waals surface area contributed by atoms with Gasteiger partial charge in [0.1, 0.15) is 12.4 Å². The highest BCUT2D eigenvalue weighted by Crippen LogP contribution is 2.35. The van der Waals surface area contributed by atoms with Crippen LogP contribution in [0, 0.1) is 0 Å². The highest BCUT2D eigenvalue weighted by Gasteiger charge is 2.39. The second-order valence-electron chi connectivity index (χ2n) is 6.81. The van der Waals surface area contributed by atoms with E-state index < -0.39 is 5.54 Å². The van der Waals surface area contributed by atoms with Gasteiger partial charge in [0.25, 0.3) is 0 Å². The standard InChI is InChI=1S/C21H22ClN3O3/c1-2-19(26)25-21(9-5-10-21)13-20(27)24-15-7-8-18(17(22)12-15)28-14-16-6-3-4-11-23-16/h2-4,6-8,11-12H,1,5,9-10,13-14H2,(H,24,27)(H,25,26). The molecule has 28 heavy (non-hydrogen) atoms. The summed E-state index contributed by atoms with van der Waals surface area (Å²) in [5.41, 5.74) is 0.887. The topological polar surface area (TPSA) is 80.3 Å².